The van der Waals surface area contributed by atoms with E-state index in [1.807, 2.05) is 6.07 Å². The van der Waals surface area contributed by atoms with Gasteiger partial charge in [-0.15, -0.1) is 0 Å². The van der Waals surface area contributed by atoms with Gasteiger partial charge >= 0.3 is 0 Å². The van der Waals surface area contributed by atoms with Crippen LogP contribution < -0.4 is 4.74 Å². The number of methoxy groups -OCH3 is 1. The van der Waals surface area contributed by atoms with Gasteiger partial charge in [0.1, 0.15) is 5.75 Å². The van der Waals surface area contributed by atoms with Gasteiger partial charge in [0, 0.05) is 24.2 Å². The van der Waals surface area contributed by atoms with Crippen molar-refractivity contribution in [3.8, 4) is 5.75 Å². The van der Waals surface area contributed by atoms with Gasteiger partial charge < -0.3 is 9.64 Å². The molecular formula is C20H21NOS. The van der Waals surface area contributed by atoms with Gasteiger partial charge in [0.2, 0.25) is 0 Å². The van der Waals surface area contributed by atoms with Crippen LogP contribution in [0.5, 0.6) is 5.75 Å². The van der Waals surface area contributed by atoms with E-state index >= 15 is 0 Å². The fourth-order valence-corrected chi connectivity index (χ4v) is 4.23. The minimum Gasteiger partial charge on any atom is -0.497 e. The number of allylic oxidation sites excluding steroid dienone is 1. The fourth-order valence-electron chi connectivity index (χ4n) is 3.95. The van der Waals surface area contributed by atoms with E-state index in [0.717, 1.165) is 43.0 Å². The highest BCUT2D eigenvalue weighted by atomic mass is 32.1. The van der Waals surface area contributed by atoms with Gasteiger partial charge in [0.05, 0.1) is 12.1 Å². The van der Waals surface area contributed by atoms with Crippen molar-refractivity contribution < 1.29 is 4.74 Å². The molecule has 2 aromatic carbocycles. The number of benzene rings is 2. The zero-order valence-electron chi connectivity index (χ0n) is 13.7. The highest BCUT2D eigenvalue weighted by molar-refractivity contribution is 7.80. The predicted octanol–water partition coefficient (Wildman–Crippen LogP) is 4.95. The fraction of sp³-hybridized carbons (Fsp3) is 0.350. The Bertz CT molecular complexity index is 837. The van der Waals surface area contributed by atoms with Crippen molar-refractivity contribution in [2.75, 3.05) is 13.7 Å². The maximum atomic E-state index is 5.64. The smallest absolute Gasteiger partial charge is 0.119 e. The van der Waals surface area contributed by atoms with E-state index in [4.69, 9.17) is 17.0 Å². The molecule has 0 aromatic heterocycles. The van der Waals surface area contributed by atoms with Gasteiger partial charge in [-0.25, -0.2) is 0 Å². The van der Waals surface area contributed by atoms with Crippen LogP contribution in [0.4, 0.5) is 0 Å². The van der Waals surface area contributed by atoms with Crippen molar-refractivity contribution in [1.29, 1.82) is 0 Å². The topological polar surface area (TPSA) is 12.5 Å². The van der Waals surface area contributed by atoms with Crippen molar-refractivity contribution >= 4 is 33.7 Å². The lowest BCUT2D eigenvalue weighted by molar-refractivity contribution is 0.415. The summed E-state index contributed by atoms with van der Waals surface area (Å²) in [7, 11) is 1.73. The van der Waals surface area contributed by atoms with Crippen molar-refractivity contribution in [3.05, 3.63) is 47.0 Å². The van der Waals surface area contributed by atoms with Gasteiger partial charge in [0.25, 0.3) is 0 Å². The molecule has 2 nitrogen and oxygen atoms in total. The molecule has 2 heterocycles. The molecule has 23 heavy (non-hydrogen) atoms. The van der Waals surface area contributed by atoms with E-state index in [-0.39, 0.29) is 0 Å². The standard InChI is InChI=1S/C20H21NOS/c1-3-13-6-9-19(23)21-11-10-16-17(20(13)21)8-5-14-4-7-15(22-2)12-18(14)16/h4-5,7-8,12H,3,6,9-11H2,1-2H3. The third-order valence-electron chi connectivity index (χ3n) is 5.15. The Morgan fingerprint density at radius 2 is 1.96 bits per heavy atom. The van der Waals surface area contributed by atoms with Gasteiger partial charge in [-0.3, -0.25) is 0 Å². The lowest BCUT2D eigenvalue weighted by Gasteiger charge is -2.39. The van der Waals surface area contributed by atoms with Gasteiger partial charge in [-0.05, 0) is 53.3 Å². The average molecular weight is 323 g/mol. The average Bonchev–Trinajstić information content (AvgIpc) is 2.61. The number of hydrogen-bond acceptors (Lipinski definition) is 2. The first-order valence-corrected chi connectivity index (χ1v) is 8.76. The summed E-state index contributed by atoms with van der Waals surface area (Å²) in [6.45, 7) is 3.26. The lowest BCUT2D eigenvalue weighted by Crippen LogP contribution is -2.37. The Kier molecular flexibility index (Phi) is 3.61. The normalized spacial score (nSPS) is 17.3. The molecule has 0 spiro atoms. The van der Waals surface area contributed by atoms with Crippen LogP contribution in [0, 0.1) is 0 Å². The van der Waals surface area contributed by atoms with Crippen LogP contribution in [0.15, 0.2) is 35.9 Å². The molecule has 0 amide bonds. The molecule has 4 rings (SSSR count). The third kappa shape index (κ3) is 2.26. The predicted molar refractivity (Wildman–Crippen MR) is 100.0 cm³/mol. The first kappa shape index (κ1) is 14.7. The van der Waals surface area contributed by atoms with E-state index in [9.17, 15) is 0 Å². The zero-order valence-corrected chi connectivity index (χ0v) is 14.5. The van der Waals surface area contributed by atoms with Crippen molar-refractivity contribution in [2.24, 2.45) is 0 Å². The molecule has 0 bridgehead atoms. The van der Waals surface area contributed by atoms with Crippen LogP contribution >= 0.6 is 12.2 Å². The molecular weight excluding hydrogens is 302 g/mol. The summed E-state index contributed by atoms with van der Waals surface area (Å²) in [5.41, 5.74) is 5.75. The molecule has 3 heteroatoms. The first-order chi connectivity index (χ1) is 11.2. The van der Waals surface area contributed by atoms with Gasteiger partial charge in [-0.2, -0.15) is 0 Å². The molecule has 0 N–H and O–H groups in total. The van der Waals surface area contributed by atoms with Crippen LogP contribution in [0.3, 0.4) is 0 Å². The summed E-state index contributed by atoms with van der Waals surface area (Å²) < 4.78 is 5.44. The Labute approximate surface area is 142 Å². The molecule has 0 fully saturated rings. The second kappa shape index (κ2) is 5.64. The summed E-state index contributed by atoms with van der Waals surface area (Å²) in [5.74, 6) is 0.928. The molecule has 0 unspecified atom stereocenters. The zero-order chi connectivity index (χ0) is 16.0. The largest absolute Gasteiger partial charge is 0.497 e. The van der Waals surface area contributed by atoms with Crippen molar-refractivity contribution in [1.82, 2.24) is 4.90 Å². The highest BCUT2D eigenvalue weighted by Crippen LogP contribution is 2.41. The molecule has 2 aliphatic heterocycles. The van der Waals surface area contributed by atoms with Gasteiger partial charge in [-0.1, -0.05) is 37.3 Å². The number of hydrogen-bond donors (Lipinski definition) is 0. The van der Waals surface area contributed by atoms with Crippen molar-refractivity contribution in [2.45, 2.75) is 32.6 Å². The summed E-state index contributed by atoms with van der Waals surface area (Å²) in [6, 6.07) is 10.9. The van der Waals surface area contributed by atoms with E-state index in [1.54, 1.807) is 12.7 Å². The second-order valence-corrected chi connectivity index (χ2v) is 6.75. The Morgan fingerprint density at radius 3 is 2.74 bits per heavy atom. The maximum Gasteiger partial charge on any atom is 0.119 e. The third-order valence-corrected chi connectivity index (χ3v) is 5.58. The molecule has 118 valence electrons. The van der Waals surface area contributed by atoms with E-state index in [1.165, 1.54) is 27.6 Å². The molecule has 0 saturated carbocycles. The molecule has 2 aromatic rings. The minimum atomic E-state index is 0.928. The van der Waals surface area contributed by atoms with Crippen molar-refractivity contribution in [3.63, 3.8) is 0 Å². The summed E-state index contributed by atoms with van der Waals surface area (Å²) in [4.78, 5) is 3.49. The molecule has 0 atom stereocenters. The lowest BCUT2D eigenvalue weighted by atomic mass is 9.86. The molecule has 0 aliphatic carbocycles. The Hall–Kier alpha value is -1.87. The van der Waals surface area contributed by atoms with Crippen LogP contribution in [-0.4, -0.2) is 23.5 Å². The molecule has 0 saturated heterocycles. The number of rotatable bonds is 2. The van der Waals surface area contributed by atoms with Crippen LogP contribution in [0.1, 0.15) is 37.3 Å². The number of nitrogens with zero attached hydrogens (tertiary/aromatic N) is 1. The molecule has 2 aliphatic rings. The Balaban J connectivity index is 1.98. The van der Waals surface area contributed by atoms with E-state index in [0.29, 0.717) is 0 Å². The summed E-state index contributed by atoms with van der Waals surface area (Å²) in [6.07, 6.45) is 4.28. The van der Waals surface area contributed by atoms with E-state index < -0.39 is 0 Å². The summed E-state index contributed by atoms with van der Waals surface area (Å²) >= 11 is 5.64. The quantitative estimate of drug-likeness (QED) is 0.726. The van der Waals surface area contributed by atoms with E-state index in [2.05, 4.69) is 36.1 Å². The minimum absolute atomic E-state index is 0.928. The van der Waals surface area contributed by atoms with Gasteiger partial charge in [0.15, 0.2) is 0 Å². The SMILES string of the molecule is CCC1=C2c3ccc4ccc(OC)cc4c3CCN2C(=S)CC1. The maximum absolute atomic E-state index is 5.64. The molecule has 0 radical (unpaired) electrons. The van der Waals surface area contributed by atoms with Crippen LogP contribution in [0.25, 0.3) is 16.5 Å². The number of thiocarbonyl (C=S) groups is 1. The van der Waals surface area contributed by atoms with Crippen LogP contribution in [0.2, 0.25) is 0 Å². The van der Waals surface area contributed by atoms with Crippen LogP contribution in [-0.2, 0) is 6.42 Å². The monoisotopic (exact) mass is 323 g/mol. The highest BCUT2D eigenvalue weighted by Gasteiger charge is 2.30. The Morgan fingerprint density at radius 1 is 1.13 bits per heavy atom. The first-order valence-electron chi connectivity index (χ1n) is 8.35. The summed E-state index contributed by atoms with van der Waals surface area (Å²) in [5, 5.41) is 2.61. The number of fused-ring (bicyclic) bond motifs is 5. The second-order valence-electron chi connectivity index (χ2n) is 6.28. The number of ether oxygens (including phenoxy) is 1.